The van der Waals surface area contributed by atoms with Crippen LogP contribution >= 0.6 is 0 Å². The lowest BCUT2D eigenvalue weighted by atomic mass is 10.1. The van der Waals surface area contributed by atoms with Gasteiger partial charge in [-0.25, -0.2) is 4.79 Å². The summed E-state index contributed by atoms with van der Waals surface area (Å²) in [5.41, 5.74) is 1.10. The SMILES string of the molecule is C[C@H](Cc1ccc(O)cc1)NC(=O)NCCN1CCCCC1. The molecule has 1 heterocycles. The minimum absolute atomic E-state index is 0.0551. The number of nitrogens with one attached hydrogen (secondary N) is 2. The van der Waals surface area contributed by atoms with E-state index in [1.807, 2.05) is 19.1 Å². The Balaban J connectivity index is 1.62. The molecule has 1 aromatic rings. The lowest BCUT2D eigenvalue weighted by Crippen LogP contribution is -2.44. The average Bonchev–Trinajstić information content (AvgIpc) is 2.50. The molecular formula is C17H27N3O2. The van der Waals surface area contributed by atoms with Crippen LogP contribution in [0, 0.1) is 0 Å². The molecule has 0 aromatic heterocycles. The number of phenolic OH excluding ortho intramolecular Hbond substituents is 1. The highest BCUT2D eigenvalue weighted by molar-refractivity contribution is 5.74. The molecule has 2 amide bonds. The number of nitrogens with zero attached hydrogens (tertiary/aromatic N) is 1. The fourth-order valence-electron chi connectivity index (χ4n) is 2.82. The second kappa shape index (κ2) is 8.63. The summed E-state index contributed by atoms with van der Waals surface area (Å²) in [4.78, 5) is 14.3. The van der Waals surface area contributed by atoms with E-state index in [1.165, 1.54) is 19.3 Å². The van der Waals surface area contributed by atoms with E-state index in [1.54, 1.807) is 12.1 Å². The van der Waals surface area contributed by atoms with Gasteiger partial charge in [0.1, 0.15) is 5.75 Å². The first-order valence-electron chi connectivity index (χ1n) is 8.18. The Kier molecular flexibility index (Phi) is 6.52. The third kappa shape index (κ3) is 5.93. The van der Waals surface area contributed by atoms with Gasteiger partial charge < -0.3 is 20.6 Å². The highest BCUT2D eigenvalue weighted by Gasteiger charge is 2.11. The molecule has 0 saturated carbocycles. The molecule has 0 radical (unpaired) electrons. The molecule has 0 unspecified atom stereocenters. The van der Waals surface area contributed by atoms with E-state index >= 15 is 0 Å². The molecule has 1 aromatic carbocycles. The van der Waals surface area contributed by atoms with Crippen molar-refractivity contribution in [1.29, 1.82) is 0 Å². The lowest BCUT2D eigenvalue weighted by Gasteiger charge is -2.26. The molecule has 1 atom stereocenters. The van der Waals surface area contributed by atoms with Crippen LogP contribution in [0.4, 0.5) is 4.79 Å². The summed E-state index contributed by atoms with van der Waals surface area (Å²) in [7, 11) is 0. The molecule has 5 heteroatoms. The van der Waals surface area contributed by atoms with Crippen LogP contribution in [0.1, 0.15) is 31.7 Å². The molecule has 1 aliphatic heterocycles. The van der Waals surface area contributed by atoms with Gasteiger partial charge in [0.05, 0.1) is 0 Å². The Morgan fingerprint density at radius 3 is 2.59 bits per heavy atom. The molecule has 0 spiro atoms. The van der Waals surface area contributed by atoms with Crippen LogP contribution in [0.2, 0.25) is 0 Å². The van der Waals surface area contributed by atoms with E-state index in [2.05, 4.69) is 15.5 Å². The lowest BCUT2D eigenvalue weighted by molar-refractivity contribution is 0.219. The number of benzene rings is 1. The predicted molar refractivity (Wildman–Crippen MR) is 88.1 cm³/mol. The fourth-order valence-corrected chi connectivity index (χ4v) is 2.82. The van der Waals surface area contributed by atoms with Crippen LogP contribution in [-0.4, -0.2) is 48.3 Å². The number of rotatable bonds is 6. The predicted octanol–water partition coefficient (Wildman–Crippen LogP) is 2.11. The molecule has 122 valence electrons. The molecule has 0 bridgehead atoms. The molecule has 0 aliphatic carbocycles. The van der Waals surface area contributed by atoms with Crippen molar-refractivity contribution in [3.8, 4) is 5.75 Å². The zero-order valence-electron chi connectivity index (χ0n) is 13.3. The first-order valence-corrected chi connectivity index (χ1v) is 8.18. The molecule has 3 N–H and O–H groups in total. The molecule has 1 fully saturated rings. The molecular weight excluding hydrogens is 278 g/mol. The number of hydrogen-bond acceptors (Lipinski definition) is 3. The maximum Gasteiger partial charge on any atom is 0.315 e. The maximum absolute atomic E-state index is 11.9. The van der Waals surface area contributed by atoms with Gasteiger partial charge in [-0.1, -0.05) is 18.6 Å². The van der Waals surface area contributed by atoms with Crippen LogP contribution in [0.15, 0.2) is 24.3 Å². The highest BCUT2D eigenvalue weighted by Crippen LogP contribution is 2.11. The van der Waals surface area contributed by atoms with Crippen molar-refractivity contribution in [2.45, 2.75) is 38.6 Å². The van der Waals surface area contributed by atoms with Crippen LogP contribution < -0.4 is 10.6 Å². The van der Waals surface area contributed by atoms with Crippen molar-refractivity contribution in [2.75, 3.05) is 26.2 Å². The third-order valence-electron chi connectivity index (χ3n) is 4.02. The van der Waals surface area contributed by atoms with Crippen LogP contribution in [-0.2, 0) is 6.42 Å². The number of likely N-dealkylation sites (tertiary alicyclic amines) is 1. The zero-order valence-corrected chi connectivity index (χ0v) is 13.3. The summed E-state index contributed by atoms with van der Waals surface area (Å²) in [6.45, 7) is 5.91. The Labute approximate surface area is 132 Å². The standard InChI is InChI=1S/C17H27N3O2/c1-14(13-15-5-7-16(21)8-6-15)19-17(22)18-9-12-20-10-3-2-4-11-20/h5-8,14,21H,2-4,9-13H2,1H3,(H2,18,19,22)/t14-/m1/s1. The largest absolute Gasteiger partial charge is 0.508 e. The van der Waals surface area contributed by atoms with Crippen LogP contribution in [0.3, 0.4) is 0 Å². The van der Waals surface area contributed by atoms with E-state index in [0.29, 0.717) is 6.54 Å². The molecule has 1 aliphatic rings. The Morgan fingerprint density at radius 2 is 1.91 bits per heavy atom. The Hall–Kier alpha value is -1.75. The Morgan fingerprint density at radius 1 is 1.23 bits per heavy atom. The average molecular weight is 305 g/mol. The molecule has 1 saturated heterocycles. The van der Waals surface area contributed by atoms with Crippen LogP contribution in [0.5, 0.6) is 5.75 Å². The molecule has 2 rings (SSSR count). The van der Waals surface area contributed by atoms with Crippen molar-refractivity contribution in [3.05, 3.63) is 29.8 Å². The number of urea groups is 1. The number of hydrogen-bond donors (Lipinski definition) is 3. The number of phenols is 1. The monoisotopic (exact) mass is 305 g/mol. The maximum atomic E-state index is 11.9. The number of piperidine rings is 1. The summed E-state index contributed by atoms with van der Waals surface area (Å²) < 4.78 is 0. The zero-order chi connectivity index (χ0) is 15.8. The van der Waals surface area contributed by atoms with E-state index in [-0.39, 0.29) is 17.8 Å². The van der Waals surface area contributed by atoms with Crippen molar-refractivity contribution in [2.24, 2.45) is 0 Å². The van der Waals surface area contributed by atoms with Crippen molar-refractivity contribution in [3.63, 3.8) is 0 Å². The van der Waals surface area contributed by atoms with Crippen molar-refractivity contribution >= 4 is 6.03 Å². The quantitative estimate of drug-likeness (QED) is 0.754. The number of aromatic hydroxyl groups is 1. The summed E-state index contributed by atoms with van der Waals surface area (Å²) >= 11 is 0. The van der Waals surface area contributed by atoms with Gasteiger partial charge in [-0.2, -0.15) is 0 Å². The minimum atomic E-state index is -0.108. The third-order valence-corrected chi connectivity index (χ3v) is 4.02. The van der Waals surface area contributed by atoms with Gasteiger partial charge in [-0.05, 0) is 57.0 Å². The highest BCUT2D eigenvalue weighted by atomic mass is 16.3. The summed E-state index contributed by atoms with van der Waals surface area (Å²) in [5.74, 6) is 0.264. The Bertz CT molecular complexity index is 455. The topological polar surface area (TPSA) is 64.6 Å². The number of carbonyl (C=O) groups excluding carboxylic acids is 1. The number of carbonyl (C=O) groups is 1. The first kappa shape index (κ1) is 16.6. The van der Waals surface area contributed by atoms with Gasteiger partial charge in [0.25, 0.3) is 0 Å². The van der Waals surface area contributed by atoms with E-state index in [0.717, 1.165) is 31.6 Å². The molecule has 5 nitrogen and oxygen atoms in total. The van der Waals surface area contributed by atoms with E-state index < -0.39 is 0 Å². The molecule has 22 heavy (non-hydrogen) atoms. The smallest absolute Gasteiger partial charge is 0.315 e. The van der Waals surface area contributed by atoms with Crippen LogP contribution in [0.25, 0.3) is 0 Å². The van der Waals surface area contributed by atoms with Gasteiger partial charge >= 0.3 is 6.03 Å². The second-order valence-corrected chi connectivity index (χ2v) is 6.07. The van der Waals surface area contributed by atoms with E-state index in [9.17, 15) is 9.90 Å². The van der Waals surface area contributed by atoms with Crippen molar-refractivity contribution < 1.29 is 9.90 Å². The van der Waals surface area contributed by atoms with Gasteiger partial charge in [0.2, 0.25) is 0 Å². The summed E-state index contributed by atoms with van der Waals surface area (Å²) in [5, 5.41) is 15.1. The minimum Gasteiger partial charge on any atom is -0.508 e. The van der Waals surface area contributed by atoms with Crippen molar-refractivity contribution in [1.82, 2.24) is 15.5 Å². The van der Waals surface area contributed by atoms with Gasteiger partial charge in [-0.3, -0.25) is 0 Å². The normalized spacial score (nSPS) is 17.0. The first-order chi connectivity index (χ1) is 10.6. The fraction of sp³-hybridized carbons (Fsp3) is 0.588. The van der Waals surface area contributed by atoms with Gasteiger partial charge in [-0.15, -0.1) is 0 Å². The summed E-state index contributed by atoms with van der Waals surface area (Å²) in [6, 6.07) is 7.04. The van der Waals surface area contributed by atoms with E-state index in [4.69, 9.17) is 0 Å². The van der Waals surface area contributed by atoms with Gasteiger partial charge in [0.15, 0.2) is 0 Å². The summed E-state index contributed by atoms with van der Waals surface area (Å²) in [6.07, 6.45) is 4.63. The van der Waals surface area contributed by atoms with Gasteiger partial charge in [0, 0.05) is 19.1 Å². The number of amides is 2. The second-order valence-electron chi connectivity index (χ2n) is 6.07.